The number of nitrogens with two attached hydrogens (primary N) is 1. The Labute approximate surface area is 167 Å². The van der Waals surface area contributed by atoms with Crippen LogP contribution in [0.25, 0.3) is 0 Å². The average Bonchev–Trinajstić information content (AvgIpc) is 3.28. The van der Waals surface area contributed by atoms with E-state index in [-0.39, 0.29) is 40.1 Å². The second-order valence-electron chi connectivity index (χ2n) is 6.03. The molecular weight excluding hydrogens is 438 g/mol. The predicted octanol–water partition coefficient (Wildman–Crippen LogP) is 2.11. The summed E-state index contributed by atoms with van der Waals surface area (Å²) in [4.78, 5) is 42.8. The van der Waals surface area contributed by atoms with Crippen LogP contribution in [0.5, 0.6) is 0 Å². The average molecular weight is 456 g/mol. The highest BCUT2D eigenvalue weighted by Crippen LogP contribution is 2.20. The molecule has 144 valence electrons. The van der Waals surface area contributed by atoms with E-state index in [0.717, 1.165) is 37.4 Å². The number of rotatable bonds is 6. The number of hydrogen-bond donors (Lipinski definition) is 4. The molecule has 1 aliphatic carbocycles. The van der Waals surface area contributed by atoms with Gasteiger partial charge in [0.1, 0.15) is 0 Å². The van der Waals surface area contributed by atoms with E-state index in [1.165, 1.54) is 6.07 Å². The Kier molecular flexibility index (Phi) is 6.22. The lowest BCUT2D eigenvalue weighted by Gasteiger charge is -2.11. The lowest BCUT2D eigenvalue weighted by atomic mass is 10.2. The van der Waals surface area contributed by atoms with Crippen LogP contribution in [0, 0.1) is 0 Å². The molecule has 0 saturated heterocycles. The maximum atomic E-state index is 12.2. The summed E-state index contributed by atoms with van der Waals surface area (Å²) in [6, 6.07) is 3.23. The zero-order chi connectivity index (χ0) is 19.4. The molecule has 2 amide bonds. The number of nitrogen functional groups attached to an aromatic ring is 1. The molecule has 0 aromatic carbocycles. The number of nitrogens with one attached hydrogen (secondary N) is 3. The first kappa shape index (κ1) is 19.5. The Bertz CT molecular complexity index is 906. The molecule has 3 rings (SSSR count). The number of amides is 2. The number of thioether (sulfide) groups is 1. The van der Waals surface area contributed by atoms with Crippen LogP contribution in [0.2, 0.25) is 0 Å². The number of furan rings is 1. The van der Waals surface area contributed by atoms with Crippen molar-refractivity contribution in [1.82, 2.24) is 15.3 Å². The van der Waals surface area contributed by atoms with Crippen LogP contribution in [0.4, 0.5) is 11.5 Å². The summed E-state index contributed by atoms with van der Waals surface area (Å²) >= 11 is 4.16. The molecule has 0 unspecified atom stereocenters. The second-order valence-corrected chi connectivity index (χ2v) is 7.77. The van der Waals surface area contributed by atoms with Crippen molar-refractivity contribution in [3.63, 3.8) is 0 Å². The largest absolute Gasteiger partial charge is 0.444 e. The number of aromatic amines is 1. The Morgan fingerprint density at radius 1 is 1.37 bits per heavy atom. The molecule has 5 N–H and O–H groups in total. The van der Waals surface area contributed by atoms with Gasteiger partial charge in [-0.25, -0.2) is 4.98 Å². The smallest absolute Gasteiger partial charge is 0.291 e. The highest BCUT2D eigenvalue weighted by atomic mass is 79.9. The third kappa shape index (κ3) is 5.13. The van der Waals surface area contributed by atoms with Gasteiger partial charge in [-0.05, 0) is 40.9 Å². The summed E-state index contributed by atoms with van der Waals surface area (Å²) in [6.45, 7) is 0. The van der Waals surface area contributed by atoms with Crippen molar-refractivity contribution in [2.75, 3.05) is 16.8 Å². The van der Waals surface area contributed by atoms with Gasteiger partial charge in [0.15, 0.2) is 27.1 Å². The van der Waals surface area contributed by atoms with Crippen LogP contribution in [-0.4, -0.2) is 33.6 Å². The minimum absolute atomic E-state index is 0.0164. The lowest BCUT2D eigenvalue weighted by Crippen LogP contribution is -2.34. The fourth-order valence-corrected chi connectivity index (χ4v) is 3.73. The van der Waals surface area contributed by atoms with Crippen LogP contribution < -0.4 is 21.9 Å². The minimum Gasteiger partial charge on any atom is -0.444 e. The van der Waals surface area contributed by atoms with E-state index < -0.39 is 11.5 Å². The van der Waals surface area contributed by atoms with Crippen molar-refractivity contribution in [2.45, 2.75) is 36.9 Å². The number of carbonyl (C=O) groups is 2. The number of aromatic nitrogens is 2. The number of halogens is 1. The van der Waals surface area contributed by atoms with Gasteiger partial charge in [-0.15, -0.1) is 0 Å². The number of carbonyl (C=O) groups excluding carboxylic acids is 2. The van der Waals surface area contributed by atoms with Gasteiger partial charge in [0, 0.05) is 6.04 Å². The van der Waals surface area contributed by atoms with Crippen LogP contribution in [0.15, 0.2) is 31.2 Å². The van der Waals surface area contributed by atoms with Crippen LogP contribution in [-0.2, 0) is 4.79 Å². The van der Waals surface area contributed by atoms with E-state index >= 15 is 0 Å². The molecule has 0 aliphatic heterocycles. The second kappa shape index (κ2) is 8.61. The first-order valence-corrected chi connectivity index (χ1v) is 10.1. The van der Waals surface area contributed by atoms with E-state index in [9.17, 15) is 14.4 Å². The Morgan fingerprint density at radius 3 is 2.74 bits per heavy atom. The minimum atomic E-state index is -0.629. The molecular formula is C16H18BrN5O4S. The molecule has 9 nitrogen and oxygen atoms in total. The van der Waals surface area contributed by atoms with E-state index in [2.05, 4.69) is 36.5 Å². The first-order valence-electron chi connectivity index (χ1n) is 8.31. The molecule has 1 fully saturated rings. The van der Waals surface area contributed by atoms with Crippen molar-refractivity contribution in [3.05, 3.63) is 32.9 Å². The summed E-state index contributed by atoms with van der Waals surface area (Å²) in [5.41, 5.74) is 5.01. The monoisotopic (exact) mass is 455 g/mol. The van der Waals surface area contributed by atoms with Gasteiger partial charge in [0.05, 0.1) is 5.75 Å². The molecule has 0 atom stereocenters. The zero-order valence-electron chi connectivity index (χ0n) is 14.2. The predicted molar refractivity (Wildman–Crippen MR) is 105 cm³/mol. The fourth-order valence-electron chi connectivity index (χ4n) is 2.74. The van der Waals surface area contributed by atoms with Crippen molar-refractivity contribution < 1.29 is 14.0 Å². The molecule has 1 aliphatic rings. The molecule has 0 bridgehead atoms. The van der Waals surface area contributed by atoms with E-state index in [4.69, 9.17) is 10.2 Å². The normalized spacial score (nSPS) is 14.3. The van der Waals surface area contributed by atoms with Gasteiger partial charge in [-0.3, -0.25) is 19.4 Å². The van der Waals surface area contributed by atoms with Crippen molar-refractivity contribution in [1.29, 1.82) is 0 Å². The molecule has 2 aromatic heterocycles. The van der Waals surface area contributed by atoms with Gasteiger partial charge in [0.2, 0.25) is 5.91 Å². The third-order valence-electron chi connectivity index (χ3n) is 4.02. The van der Waals surface area contributed by atoms with Crippen molar-refractivity contribution in [3.8, 4) is 0 Å². The van der Waals surface area contributed by atoms with Crippen LogP contribution in [0.3, 0.4) is 0 Å². The summed E-state index contributed by atoms with van der Waals surface area (Å²) < 4.78 is 5.51. The van der Waals surface area contributed by atoms with E-state index in [0.29, 0.717) is 4.67 Å². The SMILES string of the molecule is Nc1nc(SCC(=O)NC2CCCC2)[nH]c(=O)c1NC(=O)c1ccc(Br)o1. The van der Waals surface area contributed by atoms with E-state index in [1.54, 1.807) is 6.07 Å². The Morgan fingerprint density at radius 2 is 2.11 bits per heavy atom. The van der Waals surface area contributed by atoms with Crippen molar-refractivity contribution >= 4 is 51.0 Å². The summed E-state index contributed by atoms with van der Waals surface area (Å²) in [5.74, 6) is -0.755. The number of anilines is 2. The third-order valence-corrected chi connectivity index (χ3v) is 5.32. The molecule has 2 aromatic rings. The molecule has 0 radical (unpaired) electrons. The van der Waals surface area contributed by atoms with Gasteiger partial charge >= 0.3 is 0 Å². The van der Waals surface area contributed by atoms with Crippen LogP contribution >= 0.6 is 27.7 Å². The van der Waals surface area contributed by atoms with Gasteiger partial charge in [0.25, 0.3) is 11.5 Å². The highest BCUT2D eigenvalue weighted by Gasteiger charge is 2.19. The summed E-state index contributed by atoms with van der Waals surface area (Å²) in [7, 11) is 0. The number of H-pyrrole nitrogens is 1. The van der Waals surface area contributed by atoms with E-state index in [1.807, 2.05) is 0 Å². The molecule has 0 spiro atoms. The first-order chi connectivity index (χ1) is 12.9. The molecule has 11 heteroatoms. The number of nitrogens with zero attached hydrogens (tertiary/aromatic N) is 1. The number of hydrogen-bond acceptors (Lipinski definition) is 7. The molecule has 1 saturated carbocycles. The van der Waals surface area contributed by atoms with Gasteiger partial charge in [-0.1, -0.05) is 24.6 Å². The molecule has 2 heterocycles. The summed E-state index contributed by atoms with van der Waals surface area (Å²) in [5, 5.41) is 5.54. The lowest BCUT2D eigenvalue weighted by molar-refractivity contribution is -0.119. The van der Waals surface area contributed by atoms with Crippen LogP contribution in [0.1, 0.15) is 36.2 Å². The Hall–Kier alpha value is -2.27. The van der Waals surface area contributed by atoms with Gasteiger partial charge in [-0.2, -0.15) is 0 Å². The quantitative estimate of drug-likeness (QED) is 0.385. The van der Waals surface area contributed by atoms with Gasteiger partial charge < -0.3 is 20.8 Å². The van der Waals surface area contributed by atoms with Crippen molar-refractivity contribution in [2.24, 2.45) is 0 Å². The fraction of sp³-hybridized carbons (Fsp3) is 0.375. The summed E-state index contributed by atoms with van der Waals surface area (Å²) in [6.07, 6.45) is 4.26. The topological polar surface area (TPSA) is 143 Å². The maximum Gasteiger partial charge on any atom is 0.291 e. The Balaban J connectivity index is 1.61. The highest BCUT2D eigenvalue weighted by molar-refractivity contribution is 9.10. The zero-order valence-corrected chi connectivity index (χ0v) is 16.6. The standard InChI is InChI=1S/C16H18BrN5O4S/c17-10-6-5-9(26-10)14(24)20-12-13(18)21-16(22-15(12)25)27-7-11(23)19-8-3-1-2-4-8/h5-6,8H,1-4,7H2,(H,19,23)(H,20,24)(H3,18,21,22,25). The molecule has 27 heavy (non-hydrogen) atoms. The maximum absolute atomic E-state index is 12.2.